The van der Waals surface area contributed by atoms with Gasteiger partial charge in [0, 0.05) is 0 Å². The van der Waals surface area contributed by atoms with E-state index in [1.807, 2.05) is 0 Å². The highest BCUT2D eigenvalue weighted by atomic mass is 16.6. The third kappa shape index (κ3) is 3.22. The molecule has 0 N–H and O–H groups in total. The minimum atomic E-state index is -0.889. The van der Waals surface area contributed by atoms with Gasteiger partial charge in [0.2, 0.25) is 0 Å². The fraction of sp³-hybridized carbons (Fsp3) is 0.286. The molecule has 8 nitrogen and oxygen atoms in total. The lowest BCUT2D eigenvalue weighted by molar-refractivity contribution is -0.385. The Bertz CT molecular complexity index is 665. The first-order chi connectivity index (χ1) is 10.6. The maximum Gasteiger partial charge on any atom is 0.335 e. The number of nitro groups is 1. The van der Waals surface area contributed by atoms with Gasteiger partial charge >= 0.3 is 11.7 Å². The van der Waals surface area contributed by atoms with Gasteiger partial charge in [0.05, 0.1) is 18.6 Å². The fourth-order valence-corrected chi connectivity index (χ4v) is 1.97. The Morgan fingerprint density at radius 3 is 2.59 bits per heavy atom. The quantitative estimate of drug-likeness (QED) is 0.460. The van der Waals surface area contributed by atoms with Crippen LogP contribution in [0.15, 0.2) is 36.7 Å². The normalized spacial score (nSPS) is 11.7. The second-order valence-electron chi connectivity index (χ2n) is 4.36. The number of carbonyl (C=O) groups excluding carboxylic acids is 1. The molecule has 2 rings (SSSR count). The standard InChI is InChI=1S/C14H15N3O5/c1-3-22-14(18)13(10-4-6-12(21-2)7-5-10)16-9-11(8-15-16)17(19)20/h4-9,13H,3H2,1-2H3. The molecule has 0 saturated heterocycles. The summed E-state index contributed by atoms with van der Waals surface area (Å²) >= 11 is 0. The van der Waals surface area contributed by atoms with Crippen LogP contribution in [0.4, 0.5) is 5.69 Å². The van der Waals surface area contributed by atoms with Crippen molar-refractivity contribution in [1.29, 1.82) is 0 Å². The molecule has 1 aromatic carbocycles. The molecular weight excluding hydrogens is 290 g/mol. The fourth-order valence-electron chi connectivity index (χ4n) is 1.97. The molecule has 0 saturated carbocycles. The van der Waals surface area contributed by atoms with E-state index in [9.17, 15) is 14.9 Å². The molecule has 1 heterocycles. The SMILES string of the molecule is CCOC(=O)C(c1ccc(OC)cc1)n1cc([N+](=O)[O-])cn1. The van der Waals surface area contributed by atoms with Crippen molar-refractivity contribution in [2.75, 3.05) is 13.7 Å². The minimum absolute atomic E-state index is 0.192. The van der Waals surface area contributed by atoms with E-state index >= 15 is 0 Å². The summed E-state index contributed by atoms with van der Waals surface area (Å²) < 4.78 is 11.3. The van der Waals surface area contributed by atoms with Crippen molar-refractivity contribution in [3.05, 3.63) is 52.3 Å². The van der Waals surface area contributed by atoms with Gasteiger partial charge in [0.15, 0.2) is 6.04 Å². The van der Waals surface area contributed by atoms with Gasteiger partial charge < -0.3 is 9.47 Å². The lowest BCUT2D eigenvalue weighted by Crippen LogP contribution is -2.23. The van der Waals surface area contributed by atoms with Crippen LogP contribution in [0.5, 0.6) is 5.75 Å². The summed E-state index contributed by atoms with van der Waals surface area (Å²) in [6.45, 7) is 1.89. The van der Waals surface area contributed by atoms with E-state index in [-0.39, 0.29) is 12.3 Å². The maximum absolute atomic E-state index is 12.2. The van der Waals surface area contributed by atoms with E-state index in [1.54, 1.807) is 31.2 Å². The second kappa shape index (κ2) is 6.70. The van der Waals surface area contributed by atoms with Gasteiger partial charge in [0.1, 0.15) is 18.1 Å². The van der Waals surface area contributed by atoms with E-state index in [2.05, 4.69) is 5.10 Å². The summed E-state index contributed by atoms with van der Waals surface area (Å²) in [5, 5.41) is 14.7. The van der Waals surface area contributed by atoms with Gasteiger partial charge in [-0.2, -0.15) is 5.10 Å². The van der Waals surface area contributed by atoms with Crippen LogP contribution in [0, 0.1) is 10.1 Å². The zero-order valence-electron chi connectivity index (χ0n) is 12.1. The summed E-state index contributed by atoms with van der Waals surface area (Å²) in [5.74, 6) is 0.100. The Labute approximate surface area is 126 Å². The molecule has 1 aromatic heterocycles. The van der Waals surface area contributed by atoms with Crippen LogP contribution in [0.3, 0.4) is 0 Å². The highest BCUT2D eigenvalue weighted by Gasteiger charge is 2.26. The third-order valence-corrected chi connectivity index (χ3v) is 3.00. The predicted octanol–water partition coefficient (Wildman–Crippen LogP) is 1.95. The van der Waals surface area contributed by atoms with E-state index in [0.717, 1.165) is 6.20 Å². The van der Waals surface area contributed by atoms with Crippen molar-refractivity contribution in [2.24, 2.45) is 0 Å². The van der Waals surface area contributed by atoms with Gasteiger partial charge in [-0.3, -0.25) is 10.1 Å². The Morgan fingerprint density at radius 2 is 2.09 bits per heavy atom. The van der Waals surface area contributed by atoms with Crippen LogP contribution in [0.1, 0.15) is 18.5 Å². The molecule has 0 aliphatic heterocycles. The molecule has 0 aliphatic rings. The van der Waals surface area contributed by atoms with E-state index in [1.165, 1.54) is 18.0 Å². The number of rotatable bonds is 6. The van der Waals surface area contributed by atoms with Crippen LogP contribution >= 0.6 is 0 Å². The minimum Gasteiger partial charge on any atom is -0.497 e. The number of nitrogens with zero attached hydrogens (tertiary/aromatic N) is 3. The largest absolute Gasteiger partial charge is 0.497 e. The van der Waals surface area contributed by atoms with Gasteiger partial charge in [-0.05, 0) is 24.6 Å². The zero-order chi connectivity index (χ0) is 16.1. The molecule has 116 valence electrons. The Balaban J connectivity index is 2.40. The van der Waals surface area contributed by atoms with Crippen molar-refractivity contribution in [1.82, 2.24) is 9.78 Å². The van der Waals surface area contributed by atoms with Crippen LogP contribution < -0.4 is 4.74 Å². The Hall–Kier alpha value is -2.90. The number of ether oxygens (including phenoxy) is 2. The Kier molecular flexibility index (Phi) is 4.72. The number of carbonyl (C=O) groups is 1. The summed E-state index contributed by atoms with van der Waals surface area (Å²) in [4.78, 5) is 22.4. The lowest BCUT2D eigenvalue weighted by atomic mass is 10.1. The molecule has 0 amide bonds. The van der Waals surface area contributed by atoms with Crippen molar-refractivity contribution < 1.29 is 19.2 Å². The predicted molar refractivity (Wildman–Crippen MR) is 76.6 cm³/mol. The van der Waals surface area contributed by atoms with Crippen LogP contribution in [0.2, 0.25) is 0 Å². The average molecular weight is 305 g/mol. The van der Waals surface area contributed by atoms with E-state index in [4.69, 9.17) is 9.47 Å². The number of esters is 1. The molecule has 0 spiro atoms. The van der Waals surface area contributed by atoms with Gasteiger partial charge in [-0.15, -0.1) is 0 Å². The molecule has 0 aliphatic carbocycles. The summed E-state index contributed by atoms with van der Waals surface area (Å²) in [6, 6.07) is 5.88. The number of methoxy groups -OCH3 is 1. The summed E-state index contributed by atoms with van der Waals surface area (Å²) in [6.07, 6.45) is 2.29. The van der Waals surface area contributed by atoms with Crippen LogP contribution in [-0.2, 0) is 9.53 Å². The molecule has 1 atom stereocenters. The summed E-state index contributed by atoms with van der Waals surface area (Å²) in [5.41, 5.74) is 0.403. The van der Waals surface area contributed by atoms with Crippen molar-refractivity contribution in [3.8, 4) is 5.75 Å². The molecule has 0 fully saturated rings. The molecule has 2 aromatic rings. The maximum atomic E-state index is 12.2. The van der Waals surface area contributed by atoms with Crippen LogP contribution in [0.25, 0.3) is 0 Å². The monoisotopic (exact) mass is 305 g/mol. The first-order valence-corrected chi connectivity index (χ1v) is 6.56. The molecule has 1 unspecified atom stereocenters. The highest BCUT2D eigenvalue weighted by molar-refractivity contribution is 5.78. The van der Waals surface area contributed by atoms with Gasteiger partial charge in [0.25, 0.3) is 0 Å². The molecule has 0 radical (unpaired) electrons. The van der Waals surface area contributed by atoms with E-state index < -0.39 is 16.9 Å². The number of aromatic nitrogens is 2. The highest BCUT2D eigenvalue weighted by Crippen LogP contribution is 2.24. The number of hydrogen-bond acceptors (Lipinski definition) is 6. The second-order valence-corrected chi connectivity index (χ2v) is 4.36. The van der Waals surface area contributed by atoms with Crippen LogP contribution in [-0.4, -0.2) is 34.4 Å². The summed E-state index contributed by atoms with van der Waals surface area (Å²) in [7, 11) is 1.54. The van der Waals surface area contributed by atoms with Crippen molar-refractivity contribution >= 4 is 11.7 Å². The molecule has 22 heavy (non-hydrogen) atoms. The van der Waals surface area contributed by atoms with Gasteiger partial charge in [-0.25, -0.2) is 9.48 Å². The molecule has 8 heteroatoms. The van der Waals surface area contributed by atoms with Crippen molar-refractivity contribution in [3.63, 3.8) is 0 Å². The first-order valence-electron chi connectivity index (χ1n) is 6.56. The number of hydrogen-bond donors (Lipinski definition) is 0. The zero-order valence-corrected chi connectivity index (χ0v) is 12.1. The molecular formula is C14H15N3O5. The molecule has 0 bridgehead atoms. The lowest BCUT2D eigenvalue weighted by Gasteiger charge is -2.16. The first kappa shape index (κ1) is 15.5. The smallest absolute Gasteiger partial charge is 0.335 e. The topological polar surface area (TPSA) is 96.5 Å². The van der Waals surface area contributed by atoms with Gasteiger partial charge in [-0.1, -0.05) is 12.1 Å². The third-order valence-electron chi connectivity index (χ3n) is 3.00. The number of benzene rings is 1. The Morgan fingerprint density at radius 1 is 1.41 bits per heavy atom. The van der Waals surface area contributed by atoms with Crippen molar-refractivity contribution in [2.45, 2.75) is 13.0 Å². The average Bonchev–Trinajstić information content (AvgIpc) is 2.98. The van der Waals surface area contributed by atoms with E-state index in [0.29, 0.717) is 11.3 Å².